The summed E-state index contributed by atoms with van der Waals surface area (Å²) in [4.78, 5) is 5.27. The highest BCUT2D eigenvalue weighted by molar-refractivity contribution is 5.24. The summed E-state index contributed by atoms with van der Waals surface area (Å²) in [5.41, 5.74) is 2.91. The summed E-state index contributed by atoms with van der Waals surface area (Å²) >= 11 is 0. The van der Waals surface area contributed by atoms with E-state index >= 15 is 0 Å². The molecule has 1 saturated heterocycles. The molecule has 110 valence electrons. The van der Waals surface area contributed by atoms with Crippen LogP contribution in [0.3, 0.4) is 0 Å². The second kappa shape index (κ2) is 6.28. The van der Waals surface area contributed by atoms with Crippen molar-refractivity contribution in [1.29, 1.82) is 0 Å². The summed E-state index contributed by atoms with van der Waals surface area (Å²) < 4.78 is 0. The molecule has 1 aliphatic carbocycles. The van der Waals surface area contributed by atoms with Crippen molar-refractivity contribution in [3.63, 3.8) is 0 Å². The molecular weight excluding hydrogens is 244 g/mol. The minimum Gasteiger partial charge on any atom is -0.301 e. The number of benzene rings is 1. The van der Waals surface area contributed by atoms with Gasteiger partial charge in [0, 0.05) is 39.3 Å². The van der Waals surface area contributed by atoms with Crippen LogP contribution in [0.25, 0.3) is 0 Å². The minimum absolute atomic E-state index is 0.634. The van der Waals surface area contributed by atoms with Crippen LogP contribution in [0.2, 0.25) is 0 Å². The van der Waals surface area contributed by atoms with Crippen LogP contribution >= 0.6 is 0 Å². The second-order valence-electron chi connectivity index (χ2n) is 6.92. The molecule has 0 atom stereocenters. The SMILES string of the molecule is CC(C)c1ccc(CN2CCN(CC3CC3)CC2)cc1. The van der Waals surface area contributed by atoms with E-state index in [4.69, 9.17) is 0 Å². The van der Waals surface area contributed by atoms with Crippen LogP contribution in [0, 0.1) is 5.92 Å². The highest BCUT2D eigenvalue weighted by atomic mass is 15.3. The normalized spacial score (nSPS) is 21.6. The molecule has 2 nitrogen and oxygen atoms in total. The van der Waals surface area contributed by atoms with Crippen LogP contribution in [-0.4, -0.2) is 42.5 Å². The topological polar surface area (TPSA) is 6.48 Å². The summed E-state index contributed by atoms with van der Waals surface area (Å²) in [6, 6.07) is 9.21. The van der Waals surface area contributed by atoms with Gasteiger partial charge >= 0.3 is 0 Å². The van der Waals surface area contributed by atoms with Crippen molar-refractivity contribution in [3.8, 4) is 0 Å². The van der Waals surface area contributed by atoms with Crippen molar-refractivity contribution in [2.24, 2.45) is 5.92 Å². The molecule has 3 rings (SSSR count). The van der Waals surface area contributed by atoms with Crippen LogP contribution in [0.1, 0.15) is 43.7 Å². The summed E-state index contributed by atoms with van der Waals surface area (Å²) in [6.07, 6.45) is 2.95. The lowest BCUT2D eigenvalue weighted by Crippen LogP contribution is -2.46. The first-order chi connectivity index (χ1) is 9.70. The lowest BCUT2D eigenvalue weighted by Gasteiger charge is -2.34. The highest BCUT2D eigenvalue weighted by Gasteiger charge is 2.26. The standard InChI is InChI=1S/C18H28N2/c1-15(2)18-7-5-17(6-8-18)14-20-11-9-19(10-12-20)13-16-3-4-16/h5-8,15-16H,3-4,9-14H2,1-2H3. The molecule has 0 amide bonds. The van der Waals surface area contributed by atoms with Crippen LogP contribution in [0.4, 0.5) is 0 Å². The Morgan fingerprint density at radius 3 is 2.10 bits per heavy atom. The summed E-state index contributed by atoms with van der Waals surface area (Å²) in [5.74, 6) is 1.67. The Hall–Kier alpha value is -0.860. The van der Waals surface area contributed by atoms with Crippen molar-refractivity contribution in [1.82, 2.24) is 9.80 Å². The first-order valence-electron chi connectivity index (χ1n) is 8.24. The molecular formula is C18H28N2. The summed E-state index contributed by atoms with van der Waals surface area (Å²) in [6.45, 7) is 12.0. The molecule has 1 aliphatic heterocycles. The van der Waals surface area contributed by atoms with Crippen LogP contribution in [-0.2, 0) is 6.54 Å². The van der Waals surface area contributed by atoms with Crippen molar-refractivity contribution < 1.29 is 0 Å². The quantitative estimate of drug-likeness (QED) is 0.811. The Bertz CT molecular complexity index is 412. The van der Waals surface area contributed by atoms with Gasteiger partial charge in [0.15, 0.2) is 0 Å². The maximum absolute atomic E-state index is 2.66. The third-order valence-electron chi connectivity index (χ3n) is 4.73. The average molecular weight is 272 g/mol. The van der Waals surface area contributed by atoms with Crippen molar-refractivity contribution >= 4 is 0 Å². The smallest absolute Gasteiger partial charge is 0.0234 e. The van der Waals surface area contributed by atoms with E-state index < -0.39 is 0 Å². The predicted octanol–water partition coefficient (Wildman–Crippen LogP) is 3.34. The van der Waals surface area contributed by atoms with Crippen LogP contribution < -0.4 is 0 Å². The zero-order chi connectivity index (χ0) is 13.9. The van der Waals surface area contributed by atoms with Gasteiger partial charge in [-0.15, -0.1) is 0 Å². The van der Waals surface area contributed by atoms with Crippen molar-refractivity contribution in [2.75, 3.05) is 32.7 Å². The molecule has 20 heavy (non-hydrogen) atoms. The van der Waals surface area contributed by atoms with Crippen LogP contribution in [0.5, 0.6) is 0 Å². The van der Waals surface area contributed by atoms with Gasteiger partial charge < -0.3 is 4.90 Å². The van der Waals surface area contributed by atoms with E-state index in [2.05, 4.69) is 47.9 Å². The average Bonchev–Trinajstić information content (AvgIpc) is 3.26. The van der Waals surface area contributed by atoms with Gasteiger partial charge in [0.25, 0.3) is 0 Å². The molecule has 1 saturated carbocycles. The number of piperazine rings is 1. The van der Waals surface area contributed by atoms with E-state index in [9.17, 15) is 0 Å². The maximum Gasteiger partial charge on any atom is 0.0234 e. The molecule has 0 N–H and O–H groups in total. The zero-order valence-corrected chi connectivity index (χ0v) is 13.0. The summed E-state index contributed by atoms with van der Waals surface area (Å²) in [5, 5.41) is 0. The molecule has 2 fully saturated rings. The van der Waals surface area contributed by atoms with Gasteiger partial charge in [0.1, 0.15) is 0 Å². The molecule has 2 aliphatic rings. The van der Waals surface area contributed by atoms with Crippen molar-refractivity contribution in [2.45, 2.75) is 39.2 Å². The fourth-order valence-electron chi connectivity index (χ4n) is 3.06. The first kappa shape index (κ1) is 14.1. The lowest BCUT2D eigenvalue weighted by atomic mass is 10.0. The van der Waals surface area contributed by atoms with E-state index in [1.165, 1.54) is 56.7 Å². The first-order valence-corrected chi connectivity index (χ1v) is 8.24. The molecule has 0 radical (unpaired) electrons. The molecule has 0 unspecified atom stereocenters. The molecule has 0 aromatic heterocycles. The van der Waals surface area contributed by atoms with Gasteiger partial charge in [-0.2, -0.15) is 0 Å². The van der Waals surface area contributed by atoms with Gasteiger partial charge in [-0.1, -0.05) is 38.1 Å². The van der Waals surface area contributed by atoms with Gasteiger partial charge in [0.2, 0.25) is 0 Å². The lowest BCUT2D eigenvalue weighted by molar-refractivity contribution is 0.123. The molecule has 1 heterocycles. The number of rotatable bonds is 5. The van der Waals surface area contributed by atoms with Gasteiger partial charge in [-0.3, -0.25) is 4.90 Å². The fourth-order valence-corrected chi connectivity index (χ4v) is 3.06. The molecule has 0 spiro atoms. The maximum atomic E-state index is 2.66. The second-order valence-corrected chi connectivity index (χ2v) is 6.92. The van der Waals surface area contributed by atoms with E-state index in [0.29, 0.717) is 5.92 Å². The Balaban J connectivity index is 1.46. The van der Waals surface area contributed by atoms with E-state index in [0.717, 1.165) is 12.5 Å². The molecule has 1 aromatic rings. The van der Waals surface area contributed by atoms with E-state index in [1.807, 2.05) is 0 Å². The Morgan fingerprint density at radius 1 is 0.950 bits per heavy atom. The van der Waals surface area contributed by atoms with E-state index in [1.54, 1.807) is 0 Å². The van der Waals surface area contributed by atoms with Gasteiger partial charge in [-0.25, -0.2) is 0 Å². The third-order valence-corrected chi connectivity index (χ3v) is 4.73. The van der Waals surface area contributed by atoms with Gasteiger partial charge in [-0.05, 0) is 35.8 Å². The third kappa shape index (κ3) is 3.83. The Morgan fingerprint density at radius 2 is 1.55 bits per heavy atom. The van der Waals surface area contributed by atoms with Gasteiger partial charge in [0.05, 0.1) is 0 Å². The Kier molecular flexibility index (Phi) is 4.42. The number of nitrogens with zero attached hydrogens (tertiary/aromatic N) is 2. The predicted molar refractivity (Wildman–Crippen MR) is 85.0 cm³/mol. The fraction of sp³-hybridized carbons (Fsp3) is 0.667. The molecule has 0 bridgehead atoms. The summed E-state index contributed by atoms with van der Waals surface area (Å²) in [7, 11) is 0. The number of hydrogen-bond donors (Lipinski definition) is 0. The van der Waals surface area contributed by atoms with Crippen LogP contribution in [0.15, 0.2) is 24.3 Å². The molecule has 2 heteroatoms. The molecule has 1 aromatic carbocycles. The monoisotopic (exact) mass is 272 g/mol. The largest absolute Gasteiger partial charge is 0.301 e. The van der Waals surface area contributed by atoms with E-state index in [-0.39, 0.29) is 0 Å². The van der Waals surface area contributed by atoms with Crippen molar-refractivity contribution in [3.05, 3.63) is 35.4 Å². The zero-order valence-electron chi connectivity index (χ0n) is 13.0. The highest BCUT2D eigenvalue weighted by Crippen LogP contribution is 2.30. The minimum atomic E-state index is 0.634. The number of hydrogen-bond acceptors (Lipinski definition) is 2. The Labute approximate surface area is 123 Å².